The van der Waals surface area contributed by atoms with Gasteiger partial charge in [0.15, 0.2) is 0 Å². The van der Waals surface area contributed by atoms with Gasteiger partial charge in [-0.1, -0.05) is 18.2 Å². The lowest BCUT2D eigenvalue weighted by atomic mass is 9.96. The monoisotopic (exact) mass is 396 g/mol. The highest BCUT2D eigenvalue weighted by atomic mass is 32.1. The van der Waals surface area contributed by atoms with Crippen molar-refractivity contribution in [1.29, 1.82) is 0 Å². The molecule has 0 spiro atoms. The van der Waals surface area contributed by atoms with Crippen LogP contribution in [0.4, 0.5) is 5.00 Å². The van der Waals surface area contributed by atoms with E-state index in [-0.39, 0.29) is 5.91 Å². The standard InChI is InChI=1S/C20H16N2OS3/c23-18(16-10-5-11-24-16)22-20-17(12-6-1-3-8-14(12)25-20)19-21-13-7-2-4-9-15(13)26-19/h2,4-5,7,9-11H,1,3,6,8H2,(H,22,23). The van der Waals surface area contributed by atoms with E-state index >= 15 is 0 Å². The summed E-state index contributed by atoms with van der Waals surface area (Å²) in [6, 6.07) is 12.0. The summed E-state index contributed by atoms with van der Waals surface area (Å²) in [5.41, 5.74) is 3.57. The lowest BCUT2D eigenvalue weighted by molar-refractivity contribution is 0.103. The molecule has 130 valence electrons. The SMILES string of the molecule is O=C(Nc1sc2c(c1-c1nc3ccccc3s1)CCCC2)c1cccs1. The maximum Gasteiger partial charge on any atom is 0.266 e. The summed E-state index contributed by atoms with van der Waals surface area (Å²) in [4.78, 5) is 19.7. The third-order valence-electron chi connectivity index (χ3n) is 4.65. The van der Waals surface area contributed by atoms with Crippen molar-refractivity contribution in [3.05, 3.63) is 57.1 Å². The third kappa shape index (κ3) is 2.78. The van der Waals surface area contributed by atoms with Gasteiger partial charge in [0.05, 0.1) is 15.1 Å². The topological polar surface area (TPSA) is 42.0 Å². The van der Waals surface area contributed by atoms with Gasteiger partial charge in [-0.2, -0.15) is 0 Å². The van der Waals surface area contributed by atoms with Gasteiger partial charge in [0.2, 0.25) is 0 Å². The maximum absolute atomic E-state index is 12.6. The van der Waals surface area contributed by atoms with Crippen LogP contribution in [0.25, 0.3) is 20.8 Å². The first kappa shape index (κ1) is 16.2. The fourth-order valence-corrected chi connectivity index (χ4v) is 6.45. The number of rotatable bonds is 3. The zero-order valence-electron chi connectivity index (χ0n) is 14.0. The Balaban J connectivity index is 1.62. The Bertz CT molecular complexity index is 1060. The number of anilines is 1. The van der Waals surface area contributed by atoms with Crippen LogP contribution in [0.15, 0.2) is 41.8 Å². The van der Waals surface area contributed by atoms with Crippen LogP contribution in [-0.2, 0) is 12.8 Å². The van der Waals surface area contributed by atoms with Gasteiger partial charge >= 0.3 is 0 Å². The number of nitrogens with one attached hydrogen (secondary N) is 1. The van der Waals surface area contributed by atoms with E-state index < -0.39 is 0 Å². The molecule has 1 aliphatic rings. The molecule has 3 heterocycles. The molecule has 3 nitrogen and oxygen atoms in total. The highest BCUT2D eigenvalue weighted by Gasteiger charge is 2.25. The molecule has 4 aromatic rings. The van der Waals surface area contributed by atoms with E-state index in [1.54, 1.807) is 22.7 Å². The van der Waals surface area contributed by atoms with Crippen molar-refractivity contribution >= 4 is 55.1 Å². The van der Waals surface area contributed by atoms with E-state index in [2.05, 4.69) is 17.4 Å². The van der Waals surface area contributed by atoms with Crippen LogP contribution < -0.4 is 5.32 Å². The Labute approximate surface area is 163 Å². The summed E-state index contributed by atoms with van der Waals surface area (Å²) in [7, 11) is 0. The van der Waals surface area contributed by atoms with Gasteiger partial charge in [0, 0.05) is 10.4 Å². The molecule has 6 heteroatoms. The predicted octanol–water partition coefficient (Wildman–Crippen LogP) is 6.22. The predicted molar refractivity (Wildman–Crippen MR) is 112 cm³/mol. The number of amides is 1. The Morgan fingerprint density at radius 2 is 1.92 bits per heavy atom. The zero-order valence-corrected chi connectivity index (χ0v) is 16.4. The minimum atomic E-state index is -0.0269. The molecule has 3 aromatic heterocycles. The van der Waals surface area contributed by atoms with Crippen LogP contribution in [0.3, 0.4) is 0 Å². The van der Waals surface area contributed by atoms with Gasteiger partial charge in [-0.05, 0) is 54.8 Å². The number of carbonyl (C=O) groups excluding carboxylic acids is 1. The first-order chi connectivity index (χ1) is 12.8. The minimum Gasteiger partial charge on any atom is -0.312 e. The van der Waals surface area contributed by atoms with Crippen molar-refractivity contribution < 1.29 is 4.79 Å². The van der Waals surface area contributed by atoms with Gasteiger partial charge in [-0.3, -0.25) is 4.79 Å². The van der Waals surface area contributed by atoms with Crippen LogP contribution in [0.5, 0.6) is 0 Å². The highest BCUT2D eigenvalue weighted by molar-refractivity contribution is 7.23. The first-order valence-corrected chi connectivity index (χ1v) is 11.2. The summed E-state index contributed by atoms with van der Waals surface area (Å²) in [5, 5.41) is 7.08. The molecule has 0 saturated carbocycles. The van der Waals surface area contributed by atoms with Crippen molar-refractivity contribution in [2.45, 2.75) is 25.7 Å². The second-order valence-electron chi connectivity index (χ2n) is 6.33. The molecule has 26 heavy (non-hydrogen) atoms. The molecule has 0 atom stereocenters. The van der Waals surface area contributed by atoms with Gasteiger partial charge < -0.3 is 5.32 Å². The molecule has 1 N–H and O–H groups in total. The smallest absolute Gasteiger partial charge is 0.266 e. The Hall–Kier alpha value is -2.02. The third-order valence-corrected chi connectivity index (χ3v) is 7.78. The van der Waals surface area contributed by atoms with Crippen LogP contribution in [0.2, 0.25) is 0 Å². The number of aromatic nitrogens is 1. The molecule has 1 aliphatic carbocycles. The molecule has 5 rings (SSSR count). The van der Waals surface area contributed by atoms with Gasteiger partial charge in [0.25, 0.3) is 5.91 Å². The fraction of sp³-hybridized carbons (Fsp3) is 0.200. The molecular weight excluding hydrogens is 380 g/mol. The summed E-state index contributed by atoms with van der Waals surface area (Å²) in [5.74, 6) is -0.0269. The van der Waals surface area contributed by atoms with Crippen molar-refractivity contribution in [3.63, 3.8) is 0 Å². The van der Waals surface area contributed by atoms with Gasteiger partial charge in [-0.25, -0.2) is 4.98 Å². The number of benzene rings is 1. The van der Waals surface area contributed by atoms with E-state index in [4.69, 9.17) is 4.98 Å². The number of hydrogen-bond donors (Lipinski definition) is 1. The van der Waals surface area contributed by atoms with E-state index in [0.29, 0.717) is 0 Å². The molecule has 0 bridgehead atoms. The van der Waals surface area contributed by atoms with Crippen LogP contribution in [-0.4, -0.2) is 10.9 Å². The Morgan fingerprint density at radius 1 is 1.04 bits per heavy atom. The largest absolute Gasteiger partial charge is 0.312 e. The van der Waals surface area contributed by atoms with Gasteiger partial charge in [0.1, 0.15) is 10.0 Å². The van der Waals surface area contributed by atoms with Crippen molar-refractivity contribution in [3.8, 4) is 10.6 Å². The summed E-state index contributed by atoms with van der Waals surface area (Å²) < 4.78 is 1.19. The Morgan fingerprint density at radius 3 is 2.77 bits per heavy atom. The molecule has 0 aliphatic heterocycles. The fourth-order valence-electron chi connectivity index (χ4n) is 3.43. The lowest BCUT2D eigenvalue weighted by Crippen LogP contribution is -2.09. The molecule has 0 unspecified atom stereocenters. The molecule has 0 radical (unpaired) electrons. The molecule has 1 aromatic carbocycles. The highest BCUT2D eigenvalue weighted by Crippen LogP contribution is 2.46. The minimum absolute atomic E-state index is 0.0269. The van der Waals surface area contributed by atoms with E-state index in [1.807, 2.05) is 29.6 Å². The normalized spacial score (nSPS) is 13.7. The number of nitrogens with zero attached hydrogens (tertiary/aromatic N) is 1. The molecular formula is C20H16N2OS3. The molecule has 1 amide bonds. The zero-order chi connectivity index (χ0) is 17.5. The molecule has 0 saturated heterocycles. The average molecular weight is 397 g/mol. The number of carbonyl (C=O) groups is 1. The first-order valence-electron chi connectivity index (χ1n) is 8.65. The van der Waals surface area contributed by atoms with Crippen molar-refractivity contribution in [1.82, 2.24) is 4.98 Å². The van der Waals surface area contributed by atoms with Crippen LogP contribution in [0.1, 0.15) is 33.0 Å². The lowest BCUT2D eigenvalue weighted by Gasteiger charge is -2.11. The summed E-state index contributed by atoms with van der Waals surface area (Å²) in [6.45, 7) is 0. The maximum atomic E-state index is 12.6. The summed E-state index contributed by atoms with van der Waals surface area (Å²) >= 11 is 4.92. The van der Waals surface area contributed by atoms with Crippen molar-refractivity contribution in [2.24, 2.45) is 0 Å². The molecule has 0 fully saturated rings. The number of thiophene rings is 2. The average Bonchev–Trinajstić information content (AvgIpc) is 3.38. The quantitative estimate of drug-likeness (QED) is 0.447. The van der Waals surface area contributed by atoms with Crippen LogP contribution in [0, 0.1) is 0 Å². The number of fused-ring (bicyclic) bond motifs is 2. The number of aryl methyl sites for hydroxylation is 1. The van der Waals surface area contributed by atoms with Crippen molar-refractivity contribution in [2.75, 3.05) is 5.32 Å². The second kappa shape index (κ2) is 6.61. The number of hydrogen-bond acceptors (Lipinski definition) is 5. The number of thiazole rings is 1. The van der Waals surface area contributed by atoms with E-state index in [1.165, 1.54) is 39.3 Å². The van der Waals surface area contributed by atoms with E-state index in [9.17, 15) is 4.79 Å². The van der Waals surface area contributed by atoms with E-state index in [0.717, 1.165) is 38.8 Å². The number of para-hydroxylation sites is 1. The van der Waals surface area contributed by atoms with Crippen LogP contribution >= 0.6 is 34.0 Å². The second-order valence-corrected chi connectivity index (χ2v) is 9.42. The van der Waals surface area contributed by atoms with Gasteiger partial charge in [-0.15, -0.1) is 34.0 Å². The Kier molecular flexibility index (Phi) is 4.11. The summed E-state index contributed by atoms with van der Waals surface area (Å²) in [6.07, 6.45) is 4.61.